The number of methoxy groups -OCH3 is 2. The summed E-state index contributed by atoms with van der Waals surface area (Å²) in [5.74, 6) is 1.46. The summed E-state index contributed by atoms with van der Waals surface area (Å²) in [4.78, 5) is 12.3. The number of hydrogen-bond acceptors (Lipinski definition) is 5. The first-order valence-electron chi connectivity index (χ1n) is 9.43. The number of amides is 1. The molecule has 1 N–H and O–H groups in total. The molecule has 3 aromatic rings. The lowest BCUT2D eigenvalue weighted by atomic mass is 10.2. The normalized spacial score (nSPS) is 10.6. The molecule has 0 bridgehead atoms. The number of carbonyl (C=O) groups is 1. The Morgan fingerprint density at radius 1 is 0.933 bits per heavy atom. The summed E-state index contributed by atoms with van der Waals surface area (Å²) in [5.41, 5.74) is 6.10. The predicted octanol–water partition coefficient (Wildman–Crippen LogP) is 4.36. The molecule has 0 aliphatic carbocycles. The lowest BCUT2D eigenvalue weighted by Crippen LogP contribution is -2.17. The minimum absolute atomic E-state index is 0.342. The third-order valence-electron chi connectivity index (χ3n) is 4.43. The number of aryl methyl sites for hydroxylation is 1. The molecule has 0 saturated carbocycles. The highest BCUT2D eigenvalue weighted by Gasteiger charge is 2.09. The van der Waals surface area contributed by atoms with Crippen LogP contribution in [0.1, 0.15) is 27.0 Å². The van der Waals surface area contributed by atoms with Gasteiger partial charge >= 0.3 is 0 Å². The zero-order chi connectivity index (χ0) is 21.3. The van der Waals surface area contributed by atoms with Gasteiger partial charge in [-0.05, 0) is 60.5 Å². The first kappa shape index (κ1) is 20.9. The molecule has 0 unspecified atom stereocenters. The second kappa shape index (κ2) is 10.1. The van der Waals surface area contributed by atoms with Crippen LogP contribution in [0.3, 0.4) is 0 Å². The van der Waals surface area contributed by atoms with E-state index in [4.69, 9.17) is 14.2 Å². The van der Waals surface area contributed by atoms with Gasteiger partial charge in [0.15, 0.2) is 11.5 Å². The number of benzene rings is 3. The van der Waals surface area contributed by atoms with Gasteiger partial charge in [-0.3, -0.25) is 4.79 Å². The summed E-state index contributed by atoms with van der Waals surface area (Å²) >= 11 is 0. The monoisotopic (exact) mass is 404 g/mol. The van der Waals surface area contributed by atoms with E-state index in [1.807, 2.05) is 24.3 Å². The third kappa shape index (κ3) is 5.61. The van der Waals surface area contributed by atoms with E-state index in [0.717, 1.165) is 16.9 Å². The largest absolute Gasteiger partial charge is 0.493 e. The molecular formula is C24H24N2O4. The van der Waals surface area contributed by atoms with Crippen LogP contribution in [0.2, 0.25) is 0 Å². The second-order valence-corrected chi connectivity index (χ2v) is 6.61. The molecule has 0 aliphatic rings. The number of nitrogens with one attached hydrogen (secondary N) is 1. The number of ether oxygens (including phenoxy) is 3. The first-order chi connectivity index (χ1) is 14.6. The lowest BCUT2D eigenvalue weighted by molar-refractivity contribution is 0.0954. The van der Waals surface area contributed by atoms with Crippen LogP contribution in [-0.4, -0.2) is 26.3 Å². The Kier molecular flexibility index (Phi) is 7.05. The maximum absolute atomic E-state index is 12.3. The number of nitrogens with zero attached hydrogens (tertiary/aromatic N) is 1. The van der Waals surface area contributed by atoms with Crippen molar-refractivity contribution >= 4 is 12.1 Å². The van der Waals surface area contributed by atoms with Gasteiger partial charge in [-0.25, -0.2) is 5.43 Å². The Morgan fingerprint density at radius 2 is 1.63 bits per heavy atom. The maximum Gasteiger partial charge on any atom is 0.271 e. The Morgan fingerprint density at radius 3 is 2.30 bits per heavy atom. The molecule has 0 radical (unpaired) electrons. The summed E-state index contributed by atoms with van der Waals surface area (Å²) in [6.07, 6.45) is 1.57. The number of carbonyl (C=O) groups excluding carboxylic acids is 1. The average molecular weight is 404 g/mol. The molecule has 0 spiro atoms. The molecule has 1 amide bonds. The molecule has 154 valence electrons. The van der Waals surface area contributed by atoms with Gasteiger partial charge in [0.1, 0.15) is 12.4 Å². The molecule has 3 aromatic carbocycles. The Bertz CT molecular complexity index is 1010. The SMILES string of the molecule is COc1ccc(C(=O)N/N=C/c2ccc(OCc3ccc(C)cc3)cc2)cc1OC. The van der Waals surface area contributed by atoms with Crippen LogP contribution in [0.25, 0.3) is 0 Å². The minimum Gasteiger partial charge on any atom is -0.493 e. The molecule has 0 aromatic heterocycles. The molecule has 0 aliphatic heterocycles. The molecule has 0 fully saturated rings. The van der Waals surface area contributed by atoms with E-state index in [0.29, 0.717) is 23.7 Å². The van der Waals surface area contributed by atoms with Crippen molar-refractivity contribution in [1.29, 1.82) is 0 Å². The van der Waals surface area contributed by atoms with Crippen LogP contribution in [0.4, 0.5) is 0 Å². The molecule has 30 heavy (non-hydrogen) atoms. The average Bonchev–Trinajstić information content (AvgIpc) is 2.79. The van der Waals surface area contributed by atoms with Crippen molar-refractivity contribution in [2.45, 2.75) is 13.5 Å². The predicted molar refractivity (Wildman–Crippen MR) is 117 cm³/mol. The fourth-order valence-corrected chi connectivity index (χ4v) is 2.71. The van der Waals surface area contributed by atoms with Crippen LogP contribution >= 0.6 is 0 Å². The quantitative estimate of drug-likeness (QED) is 0.448. The van der Waals surface area contributed by atoms with Crippen LogP contribution in [0, 0.1) is 6.92 Å². The van der Waals surface area contributed by atoms with E-state index in [1.54, 1.807) is 31.5 Å². The first-order valence-corrected chi connectivity index (χ1v) is 9.43. The fourth-order valence-electron chi connectivity index (χ4n) is 2.71. The van der Waals surface area contributed by atoms with E-state index in [1.165, 1.54) is 12.7 Å². The molecule has 0 saturated heterocycles. The van der Waals surface area contributed by atoms with Gasteiger partial charge in [-0.2, -0.15) is 5.10 Å². The molecule has 6 heteroatoms. The number of hydrogen-bond donors (Lipinski definition) is 1. The summed E-state index contributed by atoms with van der Waals surface area (Å²) < 4.78 is 16.2. The van der Waals surface area contributed by atoms with E-state index in [-0.39, 0.29) is 5.91 Å². The summed E-state index contributed by atoms with van der Waals surface area (Å²) in [7, 11) is 3.06. The van der Waals surface area contributed by atoms with E-state index in [2.05, 4.69) is 41.7 Å². The standard InChI is InChI=1S/C24H24N2O4/c1-17-4-6-19(7-5-17)16-30-21-11-8-18(9-12-21)15-25-26-24(27)20-10-13-22(28-2)23(14-20)29-3/h4-15H,16H2,1-3H3,(H,26,27)/b25-15+. The van der Waals surface area contributed by atoms with Crippen molar-refractivity contribution < 1.29 is 19.0 Å². The molecule has 6 nitrogen and oxygen atoms in total. The van der Waals surface area contributed by atoms with Crippen LogP contribution < -0.4 is 19.6 Å². The Labute approximate surface area is 176 Å². The van der Waals surface area contributed by atoms with Crippen molar-refractivity contribution in [3.8, 4) is 17.2 Å². The van der Waals surface area contributed by atoms with Gasteiger partial charge < -0.3 is 14.2 Å². The van der Waals surface area contributed by atoms with Gasteiger partial charge in [0.25, 0.3) is 5.91 Å². The Hall–Kier alpha value is -3.80. The van der Waals surface area contributed by atoms with E-state index in [9.17, 15) is 4.79 Å². The maximum atomic E-state index is 12.3. The van der Waals surface area contributed by atoms with Crippen molar-refractivity contribution in [3.63, 3.8) is 0 Å². The molecule has 0 atom stereocenters. The number of hydrazone groups is 1. The van der Waals surface area contributed by atoms with Crippen LogP contribution in [-0.2, 0) is 6.61 Å². The van der Waals surface area contributed by atoms with Crippen molar-refractivity contribution in [2.75, 3.05) is 14.2 Å². The topological polar surface area (TPSA) is 69.2 Å². The highest BCUT2D eigenvalue weighted by molar-refractivity contribution is 5.95. The number of rotatable bonds is 8. The summed E-state index contributed by atoms with van der Waals surface area (Å²) in [6, 6.07) is 20.6. The van der Waals surface area contributed by atoms with Gasteiger partial charge in [0.2, 0.25) is 0 Å². The molecule has 0 heterocycles. The van der Waals surface area contributed by atoms with Crippen molar-refractivity contribution in [2.24, 2.45) is 5.10 Å². The molecular weight excluding hydrogens is 380 g/mol. The van der Waals surface area contributed by atoms with Crippen LogP contribution in [0.5, 0.6) is 17.2 Å². The fraction of sp³-hybridized carbons (Fsp3) is 0.167. The highest BCUT2D eigenvalue weighted by atomic mass is 16.5. The highest BCUT2D eigenvalue weighted by Crippen LogP contribution is 2.27. The van der Waals surface area contributed by atoms with Gasteiger partial charge in [-0.15, -0.1) is 0 Å². The van der Waals surface area contributed by atoms with E-state index < -0.39 is 0 Å². The second-order valence-electron chi connectivity index (χ2n) is 6.61. The smallest absolute Gasteiger partial charge is 0.271 e. The lowest BCUT2D eigenvalue weighted by Gasteiger charge is -2.08. The van der Waals surface area contributed by atoms with E-state index >= 15 is 0 Å². The van der Waals surface area contributed by atoms with Gasteiger partial charge in [0.05, 0.1) is 20.4 Å². The minimum atomic E-state index is -0.342. The van der Waals surface area contributed by atoms with Gasteiger partial charge in [0, 0.05) is 5.56 Å². The van der Waals surface area contributed by atoms with Crippen LogP contribution in [0.15, 0.2) is 71.8 Å². The zero-order valence-corrected chi connectivity index (χ0v) is 17.2. The third-order valence-corrected chi connectivity index (χ3v) is 4.43. The zero-order valence-electron chi connectivity index (χ0n) is 17.2. The Balaban J connectivity index is 1.53. The van der Waals surface area contributed by atoms with Gasteiger partial charge in [-0.1, -0.05) is 29.8 Å². The van der Waals surface area contributed by atoms with Crippen molar-refractivity contribution in [3.05, 3.63) is 89.0 Å². The molecule has 3 rings (SSSR count). The van der Waals surface area contributed by atoms with Crippen molar-refractivity contribution in [1.82, 2.24) is 5.43 Å². The summed E-state index contributed by atoms with van der Waals surface area (Å²) in [5, 5.41) is 4.01. The summed E-state index contributed by atoms with van der Waals surface area (Å²) in [6.45, 7) is 2.57.